The van der Waals surface area contributed by atoms with Crippen molar-refractivity contribution < 1.29 is 4.79 Å². The zero-order chi connectivity index (χ0) is 9.84. The van der Waals surface area contributed by atoms with Gasteiger partial charge in [0.05, 0.1) is 0 Å². The van der Waals surface area contributed by atoms with Gasteiger partial charge < -0.3 is 9.80 Å². The maximum Gasteiger partial charge on any atom is 0.222 e. The summed E-state index contributed by atoms with van der Waals surface area (Å²) >= 11 is 0. The lowest BCUT2D eigenvalue weighted by atomic mass is 10.2. The number of carbonyl (C=O) groups excluding carboxylic acids is 1. The van der Waals surface area contributed by atoms with Gasteiger partial charge in [-0.3, -0.25) is 4.79 Å². The van der Waals surface area contributed by atoms with E-state index in [1.54, 1.807) is 0 Å². The minimum atomic E-state index is 0.265. The second kappa shape index (κ2) is 4.30. The molecule has 0 N–H and O–H groups in total. The van der Waals surface area contributed by atoms with E-state index in [2.05, 4.69) is 11.5 Å². The van der Waals surface area contributed by atoms with E-state index in [0.29, 0.717) is 6.42 Å². The third-order valence-electron chi connectivity index (χ3n) is 2.47. The van der Waals surface area contributed by atoms with Crippen molar-refractivity contribution in [2.75, 3.05) is 26.2 Å². The van der Waals surface area contributed by atoms with Gasteiger partial charge in [-0.25, -0.2) is 0 Å². The van der Waals surface area contributed by atoms with E-state index in [9.17, 15) is 4.79 Å². The highest BCUT2D eigenvalue weighted by Gasteiger charge is 2.18. The first kappa shape index (κ1) is 10.1. The zero-order valence-electron chi connectivity index (χ0n) is 8.55. The molecule has 1 aliphatic heterocycles. The van der Waals surface area contributed by atoms with Crippen molar-refractivity contribution in [2.45, 2.75) is 20.3 Å². The van der Waals surface area contributed by atoms with E-state index in [4.69, 9.17) is 0 Å². The van der Waals surface area contributed by atoms with Crippen LogP contribution in [0.1, 0.15) is 20.3 Å². The quantitative estimate of drug-likeness (QED) is 0.638. The number of nitrogens with zero attached hydrogens (tertiary/aromatic N) is 2. The first-order chi connectivity index (χ1) is 6.15. The fourth-order valence-electron chi connectivity index (χ4n) is 1.56. The summed E-state index contributed by atoms with van der Waals surface area (Å²) in [7, 11) is 0. The predicted octanol–water partition coefficient (Wildman–Crippen LogP) is 1.07. The van der Waals surface area contributed by atoms with Crippen LogP contribution in [-0.4, -0.2) is 41.9 Å². The Kier molecular flexibility index (Phi) is 3.34. The van der Waals surface area contributed by atoms with Crippen LogP contribution in [0.25, 0.3) is 0 Å². The summed E-state index contributed by atoms with van der Waals surface area (Å²) in [6.45, 7) is 11.4. The van der Waals surface area contributed by atoms with E-state index < -0.39 is 0 Å². The Balaban J connectivity index is 2.39. The average Bonchev–Trinajstić information content (AvgIpc) is 2.17. The molecular weight excluding hydrogens is 164 g/mol. The molecule has 3 heteroatoms. The number of rotatable bonds is 2. The molecule has 0 radical (unpaired) electrons. The molecule has 0 saturated carbocycles. The van der Waals surface area contributed by atoms with Gasteiger partial charge in [-0.15, -0.1) is 0 Å². The average molecular weight is 182 g/mol. The van der Waals surface area contributed by atoms with Crippen molar-refractivity contribution in [1.29, 1.82) is 0 Å². The number of piperazine rings is 1. The minimum absolute atomic E-state index is 0.265. The molecule has 0 atom stereocenters. The molecule has 74 valence electrons. The molecule has 0 unspecified atom stereocenters. The van der Waals surface area contributed by atoms with Crippen molar-refractivity contribution in [1.82, 2.24) is 9.80 Å². The Morgan fingerprint density at radius 3 is 2.08 bits per heavy atom. The van der Waals surface area contributed by atoms with Crippen molar-refractivity contribution >= 4 is 5.91 Å². The summed E-state index contributed by atoms with van der Waals surface area (Å²) in [6, 6.07) is 0. The summed E-state index contributed by atoms with van der Waals surface area (Å²) in [5.74, 6) is 0.265. The lowest BCUT2D eigenvalue weighted by molar-refractivity contribution is -0.132. The Morgan fingerprint density at radius 2 is 1.69 bits per heavy atom. The van der Waals surface area contributed by atoms with Gasteiger partial charge >= 0.3 is 0 Å². The topological polar surface area (TPSA) is 23.6 Å². The molecule has 1 heterocycles. The molecule has 1 rings (SSSR count). The van der Waals surface area contributed by atoms with Crippen molar-refractivity contribution in [2.24, 2.45) is 0 Å². The van der Waals surface area contributed by atoms with Gasteiger partial charge in [0.2, 0.25) is 5.91 Å². The van der Waals surface area contributed by atoms with E-state index >= 15 is 0 Å². The van der Waals surface area contributed by atoms with Crippen LogP contribution in [0, 0.1) is 0 Å². The zero-order valence-corrected chi connectivity index (χ0v) is 8.55. The Hall–Kier alpha value is -0.990. The van der Waals surface area contributed by atoms with Gasteiger partial charge in [-0.1, -0.05) is 13.5 Å². The molecule has 13 heavy (non-hydrogen) atoms. The van der Waals surface area contributed by atoms with Crippen LogP contribution >= 0.6 is 0 Å². The van der Waals surface area contributed by atoms with E-state index in [0.717, 1.165) is 31.9 Å². The fourth-order valence-corrected chi connectivity index (χ4v) is 1.56. The minimum Gasteiger partial charge on any atom is -0.372 e. The van der Waals surface area contributed by atoms with Crippen LogP contribution in [0.15, 0.2) is 12.3 Å². The molecule has 0 bridgehead atoms. The number of allylic oxidation sites excluding steroid dienone is 1. The number of amides is 1. The molecule has 1 saturated heterocycles. The van der Waals surface area contributed by atoms with Gasteiger partial charge in [0.15, 0.2) is 0 Å². The van der Waals surface area contributed by atoms with Gasteiger partial charge in [0, 0.05) is 38.3 Å². The smallest absolute Gasteiger partial charge is 0.222 e. The lowest BCUT2D eigenvalue weighted by Crippen LogP contribution is -2.47. The largest absolute Gasteiger partial charge is 0.372 e. The first-order valence-electron chi connectivity index (χ1n) is 4.83. The summed E-state index contributed by atoms with van der Waals surface area (Å²) in [5.41, 5.74) is 1.10. The predicted molar refractivity (Wildman–Crippen MR) is 53.3 cm³/mol. The molecule has 0 aromatic rings. The van der Waals surface area contributed by atoms with Gasteiger partial charge in [-0.05, 0) is 6.92 Å². The Bertz CT molecular complexity index is 205. The summed E-state index contributed by atoms with van der Waals surface area (Å²) in [5, 5.41) is 0. The maximum absolute atomic E-state index is 11.3. The summed E-state index contributed by atoms with van der Waals surface area (Å²) < 4.78 is 0. The standard InChI is InChI=1S/C10H18N2O/c1-4-10(13)12-7-5-11(6-8-12)9(2)3/h2,4-8H2,1,3H3. The summed E-state index contributed by atoms with van der Waals surface area (Å²) in [6.07, 6.45) is 0.618. The molecule has 0 spiro atoms. The van der Waals surface area contributed by atoms with Crippen molar-refractivity contribution in [3.05, 3.63) is 12.3 Å². The number of hydrogen-bond donors (Lipinski definition) is 0. The molecule has 1 fully saturated rings. The van der Waals surface area contributed by atoms with Crippen molar-refractivity contribution in [3.63, 3.8) is 0 Å². The third-order valence-corrected chi connectivity index (χ3v) is 2.47. The van der Waals surface area contributed by atoms with Crippen LogP contribution in [0.3, 0.4) is 0 Å². The highest BCUT2D eigenvalue weighted by atomic mass is 16.2. The second-order valence-electron chi connectivity index (χ2n) is 3.46. The van der Waals surface area contributed by atoms with E-state index in [1.807, 2.05) is 18.7 Å². The summed E-state index contributed by atoms with van der Waals surface area (Å²) in [4.78, 5) is 15.5. The van der Waals surface area contributed by atoms with Gasteiger partial charge in [0.25, 0.3) is 0 Å². The Labute approximate surface area is 80.0 Å². The first-order valence-corrected chi connectivity index (χ1v) is 4.83. The number of hydrogen-bond acceptors (Lipinski definition) is 2. The molecule has 0 aromatic heterocycles. The van der Waals surface area contributed by atoms with E-state index in [1.165, 1.54) is 0 Å². The highest BCUT2D eigenvalue weighted by Crippen LogP contribution is 2.07. The highest BCUT2D eigenvalue weighted by molar-refractivity contribution is 5.75. The molecule has 1 amide bonds. The molecular formula is C10H18N2O. The fraction of sp³-hybridized carbons (Fsp3) is 0.700. The second-order valence-corrected chi connectivity index (χ2v) is 3.46. The third kappa shape index (κ3) is 2.47. The maximum atomic E-state index is 11.3. The van der Waals surface area contributed by atoms with Crippen LogP contribution in [0.4, 0.5) is 0 Å². The molecule has 0 aromatic carbocycles. The molecule has 3 nitrogen and oxygen atoms in total. The van der Waals surface area contributed by atoms with Crippen LogP contribution < -0.4 is 0 Å². The van der Waals surface area contributed by atoms with Crippen LogP contribution in [-0.2, 0) is 4.79 Å². The van der Waals surface area contributed by atoms with Gasteiger partial charge in [0.1, 0.15) is 0 Å². The Morgan fingerprint density at radius 1 is 1.23 bits per heavy atom. The van der Waals surface area contributed by atoms with Crippen molar-refractivity contribution in [3.8, 4) is 0 Å². The molecule has 1 aliphatic rings. The molecule has 0 aliphatic carbocycles. The van der Waals surface area contributed by atoms with E-state index in [-0.39, 0.29) is 5.91 Å². The van der Waals surface area contributed by atoms with Gasteiger partial charge in [-0.2, -0.15) is 0 Å². The monoisotopic (exact) mass is 182 g/mol. The SMILES string of the molecule is C=C(C)N1CCN(C(=O)CC)CC1. The lowest BCUT2D eigenvalue weighted by Gasteiger charge is -2.36. The normalized spacial score (nSPS) is 17.4. The van der Waals surface area contributed by atoms with Crippen LogP contribution in [0.2, 0.25) is 0 Å². The number of carbonyl (C=O) groups is 1. The van der Waals surface area contributed by atoms with Crippen LogP contribution in [0.5, 0.6) is 0 Å².